The lowest BCUT2D eigenvalue weighted by atomic mass is 10.1. The van der Waals surface area contributed by atoms with Crippen LogP contribution in [-0.2, 0) is 11.3 Å². The topological polar surface area (TPSA) is 62.7 Å². The number of aryl methyl sites for hydroxylation is 2. The summed E-state index contributed by atoms with van der Waals surface area (Å²) < 4.78 is 3.24. The molecule has 2 N–H and O–H groups in total. The van der Waals surface area contributed by atoms with Gasteiger partial charge in [-0.1, -0.05) is 29.8 Å². The van der Waals surface area contributed by atoms with Crippen LogP contribution in [0, 0.1) is 22.2 Å². The Morgan fingerprint density at radius 1 is 1.28 bits per heavy atom. The zero-order chi connectivity index (χ0) is 18.0. The number of anilines is 1. The molecule has 0 saturated heterocycles. The van der Waals surface area contributed by atoms with Gasteiger partial charge in [-0.25, -0.2) is 0 Å². The van der Waals surface area contributed by atoms with Crippen LogP contribution in [0.1, 0.15) is 11.1 Å². The minimum Gasteiger partial charge on any atom is -0.324 e. The third kappa shape index (κ3) is 4.16. The van der Waals surface area contributed by atoms with Gasteiger partial charge in [0.15, 0.2) is 10.6 Å². The second kappa shape index (κ2) is 7.49. The standard InChI is InChI=1S/C18H17IN4OS/c1-11-4-3-5-13(8-11)17-21-22-18(25)23(17)10-16(24)20-14-7-6-12(2)15(19)9-14/h3-9H,10H2,1-2H3,(H,20,24)(H,22,25). The first-order valence-corrected chi connectivity index (χ1v) is 9.21. The first kappa shape index (κ1) is 17.8. The van der Waals surface area contributed by atoms with E-state index >= 15 is 0 Å². The van der Waals surface area contributed by atoms with Crippen LogP contribution in [0.15, 0.2) is 42.5 Å². The maximum Gasteiger partial charge on any atom is 0.244 e. The summed E-state index contributed by atoms with van der Waals surface area (Å²) in [4.78, 5) is 12.5. The summed E-state index contributed by atoms with van der Waals surface area (Å²) in [6.45, 7) is 4.15. The Morgan fingerprint density at radius 3 is 2.80 bits per heavy atom. The van der Waals surface area contributed by atoms with Crippen molar-refractivity contribution in [1.82, 2.24) is 14.8 Å². The predicted octanol–water partition coefficient (Wildman–Crippen LogP) is 4.47. The van der Waals surface area contributed by atoms with Crippen LogP contribution in [0.25, 0.3) is 11.4 Å². The summed E-state index contributed by atoms with van der Waals surface area (Å²) in [5, 5.41) is 9.97. The molecule has 0 radical (unpaired) electrons. The maximum absolute atomic E-state index is 12.5. The molecule has 0 bridgehead atoms. The van der Waals surface area contributed by atoms with Gasteiger partial charge < -0.3 is 5.32 Å². The van der Waals surface area contributed by atoms with E-state index in [4.69, 9.17) is 12.2 Å². The average Bonchev–Trinajstić information content (AvgIpc) is 2.92. The van der Waals surface area contributed by atoms with Crippen molar-refractivity contribution in [2.24, 2.45) is 0 Å². The van der Waals surface area contributed by atoms with Gasteiger partial charge in [0.05, 0.1) is 0 Å². The predicted molar refractivity (Wildman–Crippen MR) is 110 cm³/mol. The van der Waals surface area contributed by atoms with E-state index in [0.717, 1.165) is 20.4 Å². The van der Waals surface area contributed by atoms with Crippen molar-refractivity contribution in [3.8, 4) is 11.4 Å². The second-order valence-electron chi connectivity index (χ2n) is 5.82. The van der Waals surface area contributed by atoms with Crippen LogP contribution >= 0.6 is 34.8 Å². The maximum atomic E-state index is 12.5. The van der Waals surface area contributed by atoms with Gasteiger partial charge in [-0.15, -0.1) is 0 Å². The second-order valence-corrected chi connectivity index (χ2v) is 7.37. The molecule has 0 atom stereocenters. The molecule has 0 saturated carbocycles. The molecule has 25 heavy (non-hydrogen) atoms. The van der Waals surface area contributed by atoms with Crippen LogP contribution in [0.2, 0.25) is 0 Å². The van der Waals surface area contributed by atoms with E-state index in [2.05, 4.69) is 38.1 Å². The number of halogens is 1. The van der Waals surface area contributed by atoms with Gasteiger partial charge >= 0.3 is 0 Å². The van der Waals surface area contributed by atoms with Crippen molar-refractivity contribution in [3.05, 3.63) is 61.9 Å². The summed E-state index contributed by atoms with van der Waals surface area (Å²) in [7, 11) is 0. The Kier molecular flexibility index (Phi) is 5.33. The lowest BCUT2D eigenvalue weighted by Crippen LogP contribution is -2.19. The van der Waals surface area contributed by atoms with Crippen molar-refractivity contribution in [3.63, 3.8) is 0 Å². The van der Waals surface area contributed by atoms with Crippen LogP contribution < -0.4 is 5.32 Å². The number of aromatic amines is 1. The Balaban J connectivity index is 1.83. The molecular weight excluding hydrogens is 447 g/mol. The number of carbonyl (C=O) groups is 1. The van der Waals surface area contributed by atoms with Gasteiger partial charge in [0, 0.05) is 14.8 Å². The minimum atomic E-state index is -0.147. The normalized spacial score (nSPS) is 10.7. The number of benzene rings is 2. The monoisotopic (exact) mass is 464 g/mol. The first-order chi connectivity index (χ1) is 11.9. The number of hydrogen-bond donors (Lipinski definition) is 2. The Morgan fingerprint density at radius 2 is 2.08 bits per heavy atom. The fraction of sp³-hybridized carbons (Fsp3) is 0.167. The Labute approximate surface area is 164 Å². The van der Waals surface area contributed by atoms with Crippen LogP contribution in [0.4, 0.5) is 5.69 Å². The summed E-state index contributed by atoms with van der Waals surface area (Å²) in [6, 6.07) is 13.8. The molecule has 0 spiro atoms. The van der Waals surface area contributed by atoms with Gasteiger partial charge in [0.25, 0.3) is 0 Å². The summed E-state index contributed by atoms with van der Waals surface area (Å²) in [6.07, 6.45) is 0. The fourth-order valence-electron chi connectivity index (χ4n) is 2.48. The lowest BCUT2D eigenvalue weighted by molar-refractivity contribution is -0.116. The highest BCUT2D eigenvalue weighted by Gasteiger charge is 2.13. The molecule has 0 fully saturated rings. The lowest BCUT2D eigenvalue weighted by Gasteiger charge is -2.09. The molecule has 3 rings (SSSR count). The number of rotatable bonds is 4. The smallest absolute Gasteiger partial charge is 0.244 e. The third-order valence-electron chi connectivity index (χ3n) is 3.79. The first-order valence-electron chi connectivity index (χ1n) is 7.72. The van der Waals surface area contributed by atoms with Gasteiger partial charge in [-0.05, 0) is 72.4 Å². The van der Waals surface area contributed by atoms with Crippen LogP contribution in [-0.4, -0.2) is 20.7 Å². The van der Waals surface area contributed by atoms with E-state index in [1.54, 1.807) is 4.57 Å². The third-order valence-corrected chi connectivity index (χ3v) is 5.27. The SMILES string of the molecule is Cc1cccc(-c2n[nH]c(=S)n2CC(=O)Nc2ccc(C)c(I)c2)c1. The van der Waals surface area contributed by atoms with Gasteiger partial charge in [-0.3, -0.25) is 14.5 Å². The van der Waals surface area contributed by atoms with E-state index in [0.29, 0.717) is 10.6 Å². The molecule has 0 aliphatic rings. The molecule has 2 aromatic carbocycles. The molecule has 128 valence electrons. The van der Waals surface area contributed by atoms with Gasteiger partial charge in [-0.2, -0.15) is 5.10 Å². The average molecular weight is 464 g/mol. The number of H-pyrrole nitrogens is 1. The van der Waals surface area contributed by atoms with Crippen molar-refractivity contribution in [1.29, 1.82) is 0 Å². The number of nitrogens with zero attached hydrogens (tertiary/aromatic N) is 2. The highest BCUT2D eigenvalue weighted by atomic mass is 127. The zero-order valence-corrected chi connectivity index (χ0v) is 16.8. The molecular formula is C18H17IN4OS. The summed E-state index contributed by atoms with van der Waals surface area (Å²) in [5.41, 5.74) is 3.99. The van der Waals surface area contributed by atoms with E-state index < -0.39 is 0 Å². The van der Waals surface area contributed by atoms with Gasteiger partial charge in [0.1, 0.15) is 6.54 Å². The highest BCUT2D eigenvalue weighted by molar-refractivity contribution is 14.1. The molecule has 1 heterocycles. The molecule has 3 aromatic rings. The molecule has 1 amide bonds. The molecule has 0 aliphatic carbocycles. The quantitative estimate of drug-likeness (QED) is 0.443. The number of hydrogen-bond acceptors (Lipinski definition) is 3. The molecule has 7 heteroatoms. The van der Waals surface area contributed by atoms with E-state index in [1.165, 1.54) is 5.56 Å². The van der Waals surface area contributed by atoms with Crippen molar-refractivity contribution in [2.45, 2.75) is 20.4 Å². The number of aromatic nitrogens is 3. The van der Waals surface area contributed by atoms with Crippen molar-refractivity contribution in [2.75, 3.05) is 5.32 Å². The summed E-state index contributed by atoms with van der Waals surface area (Å²) >= 11 is 7.54. The highest BCUT2D eigenvalue weighted by Crippen LogP contribution is 2.20. The largest absolute Gasteiger partial charge is 0.324 e. The van der Waals surface area contributed by atoms with Crippen molar-refractivity contribution >= 4 is 46.4 Å². The number of nitrogens with one attached hydrogen (secondary N) is 2. The van der Waals surface area contributed by atoms with Crippen LogP contribution in [0.5, 0.6) is 0 Å². The number of amides is 1. The fourth-order valence-corrected chi connectivity index (χ4v) is 3.20. The molecule has 5 nitrogen and oxygen atoms in total. The minimum absolute atomic E-state index is 0.100. The Hall–Kier alpha value is -2.00. The van der Waals surface area contributed by atoms with Crippen molar-refractivity contribution < 1.29 is 4.79 Å². The van der Waals surface area contributed by atoms with Gasteiger partial charge in [0.2, 0.25) is 5.91 Å². The zero-order valence-electron chi connectivity index (χ0n) is 13.8. The summed E-state index contributed by atoms with van der Waals surface area (Å²) in [5.74, 6) is 0.508. The van der Waals surface area contributed by atoms with E-state index in [9.17, 15) is 4.79 Å². The molecule has 0 unspecified atom stereocenters. The van der Waals surface area contributed by atoms with E-state index in [-0.39, 0.29) is 12.5 Å². The van der Waals surface area contributed by atoms with Crippen LogP contribution in [0.3, 0.4) is 0 Å². The molecule has 0 aliphatic heterocycles. The molecule has 1 aromatic heterocycles. The van der Waals surface area contributed by atoms with E-state index in [1.807, 2.05) is 56.3 Å². The number of carbonyl (C=O) groups excluding carboxylic acids is 1. The Bertz CT molecular complexity index is 993.